The molecule has 2 aromatic rings. The van der Waals surface area contributed by atoms with E-state index in [1.165, 1.54) is 13.8 Å². The Morgan fingerprint density at radius 2 is 2.00 bits per heavy atom. The second-order valence-electron chi connectivity index (χ2n) is 4.16. The van der Waals surface area contributed by atoms with Crippen LogP contribution in [0.2, 0.25) is 5.02 Å². The normalized spacial score (nSPS) is 11.7. The topological polar surface area (TPSA) is 47.8 Å². The van der Waals surface area contributed by atoms with Gasteiger partial charge < -0.3 is 0 Å². The van der Waals surface area contributed by atoms with E-state index in [0.29, 0.717) is 5.69 Å². The van der Waals surface area contributed by atoms with Crippen LogP contribution in [-0.2, 0) is 6.18 Å². The zero-order chi connectivity index (χ0) is 15.1. The second-order valence-corrected chi connectivity index (χ2v) is 4.56. The summed E-state index contributed by atoms with van der Waals surface area (Å²) in [6.07, 6.45) is -4.49. The Bertz CT molecular complexity index is 679. The number of ketones is 1. The minimum Gasteiger partial charge on any atom is -0.293 e. The highest BCUT2D eigenvalue weighted by Gasteiger charge is 2.31. The van der Waals surface area contributed by atoms with Gasteiger partial charge in [0, 0.05) is 6.92 Å². The molecule has 1 heterocycles. The summed E-state index contributed by atoms with van der Waals surface area (Å²) in [4.78, 5) is 11.3. The van der Waals surface area contributed by atoms with Crippen LogP contribution in [-0.4, -0.2) is 20.8 Å². The van der Waals surface area contributed by atoms with Gasteiger partial charge in [0.2, 0.25) is 0 Å². The molecular formula is C12H9ClF3N3O. The van der Waals surface area contributed by atoms with Crippen molar-refractivity contribution in [1.29, 1.82) is 0 Å². The van der Waals surface area contributed by atoms with Crippen LogP contribution in [0.25, 0.3) is 5.69 Å². The van der Waals surface area contributed by atoms with Crippen molar-refractivity contribution >= 4 is 17.4 Å². The van der Waals surface area contributed by atoms with Crippen LogP contribution in [0.4, 0.5) is 13.2 Å². The summed E-state index contributed by atoms with van der Waals surface area (Å²) in [5, 5.41) is 7.42. The molecule has 0 aliphatic rings. The number of rotatable bonds is 2. The van der Waals surface area contributed by atoms with Gasteiger partial charge in [-0.25, -0.2) is 4.68 Å². The van der Waals surface area contributed by atoms with Crippen molar-refractivity contribution in [3.8, 4) is 5.69 Å². The molecule has 2 rings (SSSR count). The summed E-state index contributed by atoms with van der Waals surface area (Å²) >= 11 is 5.90. The van der Waals surface area contributed by atoms with E-state index in [0.717, 1.165) is 22.9 Å². The highest BCUT2D eigenvalue weighted by Crippen LogP contribution is 2.33. The zero-order valence-electron chi connectivity index (χ0n) is 10.5. The van der Waals surface area contributed by atoms with Crippen molar-refractivity contribution in [3.63, 3.8) is 0 Å². The van der Waals surface area contributed by atoms with Gasteiger partial charge in [-0.05, 0) is 25.1 Å². The van der Waals surface area contributed by atoms with E-state index < -0.39 is 11.7 Å². The van der Waals surface area contributed by atoms with Crippen molar-refractivity contribution in [3.05, 3.63) is 40.2 Å². The second kappa shape index (κ2) is 4.90. The van der Waals surface area contributed by atoms with Crippen LogP contribution in [0.3, 0.4) is 0 Å². The predicted molar refractivity (Wildman–Crippen MR) is 66.1 cm³/mol. The SMILES string of the molecule is CC(=O)c1nnn(-c2cc(C(F)(F)F)ccc2Cl)c1C. The summed E-state index contributed by atoms with van der Waals surface area (Å²) < 4.78 is 39.2. The van der Waals surface area contributed by atoms with E-state index in [2.05, 4.69) is 10.3 Å². The maximum Gasteiger partial charge on any atom is 0.416 e. The first-order valence-electron chi connectivity index (χ1n) is 5.52. The number of benzene rings is 1. The van der Waals surface area contributed by atoms with Gasteiger partial charge in [-0.15, -0.1) is 5.10 Å². The molecule has 0 unspecified atom stereocenters. The quantitative estimate of drug-likeness (QED) is 0.798. The summed E-state index contributed by atoms with van der Waals surface area (Å²) in [7, 11) is 0. The van der Waals surface area contributed by atoms with Gasteiger partial charge >= 0.3 is 6.18 Å². The fraction of sp³-hybridized carbons (Fsp3) is 0.250. The average molecular weight is 304 g/mol. The minimum atomic E-state index is -4.49. The minimum absolute atomic E-state index is 0.0268. The Morgan fingerprint density at radius 3 is 2.50 bits per heavy atom. The lowest BCUT2D eigenvalue weighted by molar-refractivity contribution is -0.137. The molecule has 0 atom stereocenters. The number of carbonyl (C=O) groups is 1. The molecule has 8 heteroatoms. The molecule has 0 aliphatic heterocycles. The zero-order valence-corrected chi connectivity index (χ0v) is 11.2. The molecule has 0 spiro atoms. The van der Waals surface area contributed by atoms with Crippen LogP contribution in [0.1, 0.15) is 28.7 Å². The number of halogens is 4. The third-order valence-electron chi connectivity index (χ3n) is 2.73. The Balaban J connectivity index is 2.61. The summed E-state index contributed by atoms with van der Waals surface area (Å²) in [5.41, 5.74) is -0.396. The first-order valence-corrected chi connectivity index (χ1v) is 5.90. The monoisotopic (exact) mass is 303 g/mol. The van der Waals surface area contributed by atoms with E-state index in [-0.39, 0.29) is 22.2 Å². The number of nitrogens with zero attached hydrogens (tertiary/aromatic N) is 3. The fourth-order valence-electron chi connectivity index (χ4n) is 1.73. The number of Topliss-reactive ketones (excluding diaryl/α,β-unsaturated/α-hetero) is 1. The lowest BCUT2D eigenvalue weighted by atomic mass is 10.2. The van der Waals surface area contributed by atoms with E-state index in [4.69, 9.17) is 11.6 Å². The maximum absolute atomic E-state index is 12.7. The van der Waals surface area contributed by atoms with E-state index in [9.17, 15) is 18.0 Å². The molecule has 0 saturated carbocycles. The van der Waals surface area contributed by atoms with Gasteiger partial charge in [0.15, 0.2) is 11.5 Å². The van der Waals surface area contributed by atoms with Crippen LogP contribution >= 0.6 is 11.6 Å². The highest BCUT2D eigenvalue weighted by atomic mass is 35.5. The molecule has 20 heavy (non-hydrogen) atoms. The average Bonchev–Trinajstić information content (AvgIpc) is 2.70. The van der Waals surface area contributed by atoms with Gasteiger partial charge in [-0.2, -0.15) is 13.2 Å². The Hall–Kier alpha value is -1.89. The molecule has 1 aromatic heterocycles. The van der Waals surface area contributed by atoms with Gasteiger partial charge in [0.25, 0.3) is 0 Å². The predicted octanol–water partition coefficient (Wildman–Crippen LogP) is 3.45. The highest BCUT2D eigenvalue weighted by molar-refractivity contribution is 6.32. The van der Waals surface area contributed by atoms with Crippen molar-refractivity contribution in [2.45, 2.75) is 20.0 Å². The smallest absolute Gasteiger partial charge is 0.293 e. The molecule has 0 saturated heterocycles. The molecule has 106 valence electrons. The number of hydrogen-bond acceptors (Lipinski definition) is 3. The molecule has 0 radical (unpaired) electrons. The molecule has 0 fully saturated rings. The third-order valence-corrected chi connectivity index (χ3v) is 3.05. The first kappa shape index (κ1) is 14.5. The first-order chi connectivity index (χ1) is 9.21. The van der Waals surface area contributed by atoms with Crippen LogP contribution < -0.4 is 0 Å². The van der Waals surface area contributed by atoms with E-state index in [1.54, 1.807) is 0 Å². The number of carbonyl (C=O) groups excluding carboxylic acids is 1. The molecule has 0 aliphatic carbocycles. The molecule has 0 amide bonds. The number of alkyl halides is 3. The fourth-order valence-corrected chi connectivity index (χ4v) is 1.93. The van der Waals surface area contributed by atoms with Crippen molar-refractivity contribution < 1.29 is 18.0 Å². The van der Waals surface area contributed by atoms with Gasteiger partial charge in [0.1, 0.15) is 0 Å². The third kappa shape index (κ3) is 2.53. The standard InChI is InChI=1S/C12H9ClF3N3O/c1-6-11(7(2)20)17-18-19(6)10-5-8(12(14,15)16)3-4-9(10)13/h3-5H,1-2H3. The summed E-state index contributed by atoms with van der Waals surface area (Å²) in [6.45, 7) is 2.84. The van der Waals surface area contributed by atoms with Gasteiger partial charge in [0.05, 0.1) is 22.0 Å². The number of hydrogen-bond donors (Lipinski definition) is 0. The summed E-state index contributed by atoms with van der Waals surface area (Å²) in [6, 6.07) is 2.88. The van der Waals surface area contributed by atoms with Crippen molar-refractivity contribution in [2.75, 3.05) is 0 Å². The number of aromatic nitrogens is 3. The van der Waals surface area contributed by atoms with Crippen molar-refractivity contribution in [2.24, 2.45) is 0 Å². The Morgan fingerprint density at radius 1 is 1.35 bits per heavy atom. The largest absolute Gasteiger partial charge is 0.416 e. The van der Waals surface area contributed by atoms with Crippen LogP contribution in [0.5, 0.6) is 0 Å². The molecule has 4 nitrogen and oxygen atoms in total. The Labute approximate surface area is 117 Å². The van der Waals surface area contributed by atoms with Crippen LogP contribution in [0, 0.1) is 6.92 Å². The summed E-state index contributed by atoms with van der Waals surface area (Å²) in [5.74, 6) is -0.322. The van der Waals surface area contributed by atoms with Crippen LogP contribution in [0.15, 0.2) is 18.2 Å². The van der Waals surface area contributed by atoms with Crippen molar-refractivity contribution in [1.82, 2.24) is 15.0 Å². The lowest BCUT2D eigenvalue weighted by Crippen LogP contribution is -2.08. The molecule has 1 aromatic carbocycles. The molecule has 0 bridgehead atoms. The van der Waals surface area contributed by atoms with E-state index in [1.807, 2.05) is 0 Å². The van der Waals surface area contributed by atoms with Gasteiger partial charge in [-0.3, -0.25) is 4.79 Å². The maximum atomic E-state index is 12.7. The Kier molecular flexibility index (Phi) is 3.56. The molecular weight excluding hydrogens is 295 g/mol. The lowest BCUT2D eigenvalue weighted by Gasteiger charge is -2.11. The van der Waals surface area contributed by atoms with E-state index >= 15 is 0 Å². The molecule has 0 N–H and O–H groups in total. The van der Waals surface area contributed by atoms with Gasteiger partial charge in [-0.1, -0.05) is 16.8 Å².